The largest absolute Gasteiger partial charge is 0.493 e. The van der Waals surface area contributed by atoms with E-state index in [1.54, 1.807) is 14.2 Å². The second-order valence-corrected chi connectivity index (χ2v) is 5.81. The van der Waals surface area contributed by atoms with Crippen molar-refractivity contribution in [1.29, 1.82) is 0 Å². The number of carbonyl (C=O) groups is 1. The van der Waals surface area contributed by atoms with Gasteiger partial charge in [-0.05, 0) is 30.5 Å². The average molecular weight is 321 g/mol. The molecule has 0 aliphatic heterocycles. The van der Waals surface area contributed by atoms with Crippen LogP contribution in [0.15, 0.2) is 18.2 Å². The summed E-state index contributed by atoms with van der Waals surface area (Å²) in [6.45, 7) is 2.87. The van der Waals surface area contributed by atoms with Crippen molar-refractivity contribution in [3.63, 3.8) is 0 Å². The summed E-state index contributed by atoms with van der Waals surface area (Å²) in [6, 6.07) is 5.85. The number of benzene rings is 1. The Kier molecular flexibility index (Phi) is 9.92. The molecule has 1 aromatic carbocycles. The van der Waals surface area contributed by atoms with Gasteiger partial charge < -0.3 is 14.8 Å². The molecule has 0 fully saturated rings. The lowest BCUT2D eigenvalue weighted by Crippen LogP contribution is -2.25. The summed E-state index contributed by atoms with van der Waals surface area (Å²) in [5.74, 6) is 1.60. The van der Waals surface area contributed by atoms with Gasteiger partial charge in [-0.1, -0.05) is 45.1 Å². The van der Waals surface area contributed by atoms with Crippen molar-refractivity contribution in [3.8, 4) is 11.5 Å². The van der Waals surface area contributed by atoms with Crippen molar-refractivity contribution in [1.82, 2.24) is 5.32 Å². The number of carbonyl (C=O) groups excluding carboxylic acids is 1. The number of amides is 1. The number of hydrogen-bond acceptors (Lipinski definition) is 3. The zero-order chi connectivity index (χ0) is 16.9. The number of unbranched alkanes of at least 4 members (excludes halogenated alkanes) is 5. The van der Waals surface area contributed by atoms with E-state index in [9.17, 15) is 4.79 Å². The first-order valence-electron chi connectivity index (χ1n) is 8.68. The average Bonchev–Trinajstić information content (AvgIpc) is 2.57. The fourth-order valence-corrected chi connectivity index (χ4v) is 2.54. The van der Waals surface area contributed by atoms with Gasteiger partial charge in [-0.25, -0.2) is 0 Å². The predicted molar refractivity (Wildman–Crippen MR) is 94.3 cm³/mol. The monoisotopic (exact) mass is 321 g/mol. The number of rotatable bonds is 12. The standard InChI is InChI=1S/C19H31NO3/c1-4-5-6-7-8-9-10-19(21)20-14-13-16-11-12-17(22-2)18(15-16)23-3/h11-12,15H,4-10,13-14H2,1-3H3,(H,20,21). The third-order valence-corrected chi connectivity index (χ3v) is 3.94. The Hall–Kier alpha value is -1.71. The SMILES string of the molecule is CCCCCCCCC(=O)NCCc1ccc(OC)c(OC)c1. The molecule has 1 aromatic rings. The fraction of sp³-hybridized carbons (Fsp3) is 0.632. The van der Waals surface area contributed by atoms with Crippen LogP contribution in [0.2, 0.25) is 0 Å². The van der Waals surface area contributed by atoms with Crippen LogP contribution in [0, 0.1) is 0 Å². The molecule has 0 aromatic heterocycles. The maximum Gasteiger partial charge on any atom is 0.220 e. The minimum absolute atomic E-state index is 0.154. The van der Waals surface area contributed by atoms with E-state index < -0.39 is 0 Å². The summed E-state index contributed by atoms with van der Waals surface area (Å²) in [4.78, 5) is 11.8. The van der Waals surface area contributed by atoms with Gasteiger partial charge in [-0.2, -0.15) is 0 Å². The molecule has 0 aliphatic rings. The molecule has 4 heteroatoms. The molecule has 0 aliphatic carbocycles. The highest BCUT2D eigenvalue weighted by Gasteiger charge is 2.05. The third kappa shape index (κ3) is 7.91. The Morgan fingerprint density at radius 1 is 1.00 bits per heavy atom. The lowest BCUT2D eigenvalue weighted by Gasteiger charge is -2.10. The maximum atomic E-state index is 11.8. The minimum Gasteiger partial charge on any atom is -0.493 e. The van der Waals surface area contributed by atoms with Crippen LogP contribution in [0.25, 0.3) is 0 Å². The highest BCUT2D eigenvalue weighted by molar-refractivity contribution is 5.75. The first-order chi connectivity index (χ1) is 11.2. The van der Waals surface area contributed by atoms with Gasteiger partial charge >= 0.3 is 0 Å². The smallest absolute Gasteiger partial charge is 0.220 e. The molecule has 0 saturated carbocycles. The zero-order valence-electron chi connectivity index (χ0n) is 14.8. The van der Waals surface area contributed by atoms with E-state index in [-0.39, 0.29) is 5.91 Å². The molecule has 1 rings (SSSR count). The highest BCUT2D eigenvalue weighted by Crippen LogP contribution is 2.27. The van der Waals surface area contributed by atoms with Gasteiger partial charge in [0.05, 0.1) is 14.2 Å². The molecule has 0 saturated heterocycles. The van der Waals surface area contributed by atoms with Crippen LogP contribution in [0.4, 0.5) is 0 Å². The normalized spacial score (nSPS) is 10.4. The van der Waals surface area contributed by atoms with Crippen molar-refractivity contribution in [2.24, 2.45) is 0 Å². The number of ether oxygens (including phenoxy) is 2. The Balaban J connectivity index is 2.19. The summed E-state index contributed by atoms with van der Waals surface area (Å²) >= 11 is 0. The molecule has 0 unspecified atom stereocenters. The van der Waals surface area contributed by atoms with Gasteiger partial charge in [0.25, 0.3) is 0 Å². The maximum absolute atomic E-state index is 11.8. The van der Waals surface area contributed by atoms with E-state index >= 15 is 0 Å². The van der Waals surface area contributed by atoms with Gasteiger partial charge in [0, 0.05) is 13.0 Å². The summed E-state index contributed by atoms with van der Waals surface area (Å²) in [7, 11) is 3.25. The first kappa shape index (κ1) is 19.3. The lowest BCUT2D eigenvalue weighted by molar-refractivity contribution is -0.121. The molecule has 1 amide bonds. The molecule has 1 N–H and O–H groups in total. The van der Waals surface area contributed by atoms with Crippen molar-refractivity contribution in [2.75, 3.05) is 20.8 Å². The van der Waals surface area contributed by atoms with E-state index in [0.717, 1.165) is 36.3 Å². The fourth-order valence-electron chi connectivity index (χ4n) is 2.54. The van der Waals surface area contributed by atoms with Gasteiger partial charge in [-0.15, -0.1) is 0 Å². The van der Waals surface area contributed by atoms with Gasteiger partial charge in [0.1, 0.15) is 0 Å². The minimum atomic E-state index is 0.154. The van der Waals surface area contributed by atoms with Crippen LogP contribution in [-0.4, -0.2) is 26.7 Å². The van der Waals surface area contributed by atoms with E-state index in [2.05, 4.69) is 12.2 Å². The van der Waals surface area contributed by atoms with Gasteiger partial charge in [0.15, 0.2) is 11.5 Å². The topological polar surface area (TPSA) is 47.6 Å². The molecule has 0 heterocycles. The zero-order valence-corrected chi connectivity index (χ0v) is 14.8. The molecular weight excluding hydrogens is 290 g/mol. The van der Waals surface area contributed by atoms with E-state index in [1.807, 2.05) is 18.2 Å². The van der Waals surface area contributed by atoms with E-state index in [0.29, 0.717) is 13.0 Å². The predicted octanol–water partition coefficient (Wildman–Crippen LogP) is 4.11. The van der Waals surface area contributed by atoms with E-state index in [1.165, 1.54) is 25.7 Å². The molecule has 0 radical (unpaired) electrons. The second kappa shape index (κ2) is 11.8. The molecule has 0 spiro atoms. The van der Waals surface area contributed by atoms with Crippen molar-refractivity contribution >= 4 is 5.91 Å². The quantitative estimate of drug-likeness (QED) is 0.589. The molecule has 4 nitrogen and oxygen atoms in total. The first-order valence-corrected chi connectivity index (χ1v) is 8.68. The van der Waals surface area contributed by atoms with E-state index in [4.69, 9.17) is 9.47 Å². The number of methoxy groups -OCH3 is 2. The van der Waals surface area contributed by atoms with Crippen molar-refractivity contribution in [3.05, 3.63) is 23.8 Å². The van der Waals surface area contributed by atoms with Gasteiger partial charge in [0.2, 0.25) is 5.91 Å². The van der Waals surface area contributed by atoms with Gasteiger partial charge in [-0.3, -0.25) is 4.79 Å². The molecule has 0 atom stereocenters. The second-order valence-electron chi connectivity index (χ2n) is 5.81. The van der Waals surface area contributed by atoms with Crippen molar-refractivity contribution < 1.29 is 14.3 Å². The summed E-state index contributed by atoms with van der Waals surface area (Å²) in [5, 5.41) is 2.99. The molecule has 0 bridgehead atoms. The Labute approximate surface area is 140 Å². The summed E-state index contributed by atoms with van der Waals surface area (Å²) in [6.07, 6.45) is 8.67. The Morgan fingerprint density at radius 2 is 1.70 bits per heavy atom. The summed E-state index contributed by atoms with van der Waals surface area (Å²) in [5.41, 5.74) is 1.13. The van der Waals surface area contributed by atoms with Crippen LogP contribution in [-0.2, 0) is 11.2 Å². The number of nitrogens with one attached hydrogen (secondary N) is 1. The third-order valence-electron chi connectivity index (χ3n) is 3.94. The molecular formula is C19H31NO3. The van der Waals surface area contributed by atoms with Crippen LogP contribution in [0.1, 0.15) is 57.4 Å². The molecule has 130 valence electrons. The lowest BCUT2D eigenvalue weighted by atomic mass is 10.1. The van der Waals surface area contributed by atoms with Crippen LogP contribution in [0.5, 0.6) is 11.5 Å². The molecule has 23 heavy (non-hydrogen) atoms. The van der Waals surface area contributed by atoms with Crippen molar-refractivity contribution in [2.45, 2.75) is 58.3 Å². The number of hydrogen-bond donors (Lipinski definition) is 1. The Bertz CT molecular complexity index is 460. The van der Waals surface area contributed by atoms with Crippen LogP contribution < -0.4 is 14.8 Å². The highest BCUT2D eigenvalue weighted by atomic mass is 16.5. The summed E-state index contributed by atoms with van der Waals surface area (Å²) < 4.78 is 10.5. The Morgan fingerprint density at radius 3 is 2.39 bits per heavy atom. The van der Waals surface area contributed by atoms with Crippen LogP contribution in [0.3, 0.4) is 0 Å². The van der Waals surface area contributed by atoms with Crippen LogP contribution >= 0.6 is 0 Å².